The molecule has 0 aliphatic carbocycles. The third kappa shape index (κ3) is 8.28. The maximum atomic E-state index is 2.25. The van der Waals surface area contributed by atoms with Gasteiger partial charge in [0, 0.05) is 0 Å². The minimum atomic E-state index is 1.27. The van der Waals surface area contributed by atoms with Gasteiger partial charge in [-0.3, -0.25) is 0 Å². The van der Waals surface area contributed by atoms with Crippen molar-refractivity contribution in [2.45, 2.75) is 39.0 Å². The van der Waals surface area contributed by atoms with E-state index in [-0.39, 0.29) is 0 Å². The summed E-state index contributed by atoms with van der Waals surface area (Å²) in [5.74, 6) is 0. The molecule has 3 radical (unpaired) electrons. The van der Waals surface area contributed by atoms with Crippen molar-refractivity contribution in [2.24, 2.45) is 0 Å². The first-order valence-electron chi connectivity index (χ1n) is 3.74. The van der Waals surface area contributed by atoms with E-state index in [4.69, 9.17) is 0 Å². The van der Waals surface area contributed by atoms with Gasteiger partial charge >= 0.3 is 66.5 Å². The average molecular weight is 184 g/mol. The van der Waals surface area contributed by atoms with Crippen molar-refractivity contribution in [3.05, 3.63) is 11.0 Å². The Morgan fingerprint density at radius 3 is 2.56 bits per heavy atom. The molecule has 0 aromatic carbocycles. The van der Waals surface area contributed by atoms with Crippen LogP contribution in [0.5, 0.6) is 0 Å². The topological polar surface area (TPSA) is 0 Å². The van der Waals surface area contributed by atoms with Crippen LogP contribution in [0.15, 0.2) is 11.0 Å². The second kappa shape index (κ2) is 8.28. The van der Waals surface area contributed by atoms with Crippen LogP contribution in [0.2, 0.25) is 0 Å². The number of hydrogen-bond acceptors (Lipinski definition) is 0. The fraction of sp³-hybridized carbons (Fsp3) is 0.750. The normalized spacial score (nSPS) is 10.9. The zero-order valence-corrected chi connectivity index (χ0v) is 8.29. The van der Waals surface area contributed by atoms with E-state index in [0.29, 0.717) is 0 Å². The Bertz CT molecular complexity index is 67.0. The first-order chi connectivity index (χ1) is 4.41. The molecule has 0 rings (SSSR count). The molecule has 0 aliphatic heterocycles. The van der Waals surface area contributed by atoms with Crippen molar-refractivity contribution in [3.63, 3.8) is 0 Å². The quantitative estimate of drug-likeness (QED) is 0.454. The molecule has 0 bridgehead atoms. The van der Waals surface area contributed by atoms with Crippen molar-refractivity contribution in [3.8, 4) is 0 Å². The van der Waals surface area contributed by atoms with Gasteiger partial charge in [-0.2, -0.15) is 0 Å². The molecular weight excluding hydrogens is 169 g/mol. The van der Waals surface area contributed by atoms with Gasteiger partial charge in [0.15, 0.2) is 0 Å². The molecule has 0 atom stereocenters. The molecule has 0 heterocycles. The zero-order chi connectivity index (χ0) is 6.95. The van der Waals surface area contributed by atoms with Gasteiger partial charge in [0.1, 0.15) is 0 Å². The Labute approximate surface area is 66.9 Å². The second-order valence-corrected chi connectivity index (χ2v) is 2.95. The van der Waals surface area contributed by atoms with Crippen molar-refractivity contribution < 1.29 is 0 Å². The van der Waals surface area contributed by atoms with Gasteiger partial charge in [-0.05, 0) is 0 Å². The zero-order valence-electron chi connectivity index (χ0n) is 6.19. The summed E-state index contributed by atoms with van der Waals surface area (Å²) in [6.45, 7) is 2.25. The third-order valence-corrected chi connectivity index (χ3v) is 1.84. The molecule has 0 amide bonds. The summed E-state index contributed by atoms with van der Waals surface area (Å²) in [4.78, 5) is 2.13. The Kier molecular flexibility index (Phi) is 8.54. The van der Waals surface area contributed by atoms with Gasteiger partial charge in [-0.15, -0.1) is 0 Å². The summed E-state index contributed by atoms with van der Waals surface area (Å²) in [7, 11) is 0. The van der Waals surface area contributed by atoms with Crippen molar-refractivity contribution >= 4 is 16.5 Å². The molecular formula is C8H15Ge. The summed E-state index contributed by atoms with van der Waals surface area (Å²) in [6, 6.07) is 0. The fourth-order valence-electron chi connectivity index (χ4n) is 0.772. The number of rotatable bonds is 5. The number of allylic oxidation sites excluding steroid dienone is 1. The molecule has 0 nitrogen and oxygen atoms in total. The van der Waals surface area contributed by atoms with Gasteiger partial charge in [0.25, 0.3) is 0 Å². The van der Waals surface area contributed by atoms with Crippen LogP contribution in [0.3, 0.4) is 0 Å². The van der Waals surface area contributed by atoms with Crippen LogP contribution in [0, 0.1) is 0 Å². The molecule has 0 saturated carbocycles. The van der Waals surface area contributed by atoms with Crippen LogP contribution in [0.25, 0.3) is 0 Å². The summed E-state index contributed by atoms with van der Waals surface area (Å²) in [5.41, 5.74) is 0. The van der Waals surface area contributed by atoms with Gasteiger partial charge in [-0.25, -0.2) is 0 Å². The maximum absolute atomic E-state index is 2.25. The minimum absolute atomic E-state index is 1.27. The number of hydrogen-bond donors (Lipinski definition) is 0. The molecule has 1 heteroatoms. The van der Waals surface area contributed by atoms with Crippen LogP contribution in [0.1, 0.15) is 39.0 Å². The molecule has 0 aromatic heterocycles. The van der Waals surface area contributed by atoms with Crippen molar-refractivity contribution in [2.75, 3.05) is 0 Å². The van der Waals surface area contributed by atoms with E-state index < -0.39 is 0 Å². The molecule has 0 spiro atoms. The average Bonchev–Trinajstić information content (AvgIpc) is 1.89. The predicted molar refractivity (Wildman–Crippen MR) is 43.7 cm³/mol. The Hall–Kier alpha value is 0.283. The standard InChI is InChI=1S/C8H15Ge/c1-2-3-4-5-6-7-8-9/h7-8H,2-6H2,1H3/b8-7-. The first kappa shape index (κ1) is 9.28. The van der Waals surface area contributed by atoms with Gasteiger partial charge in [0.2, 0.25) is 0 Å². The summed E-state index contributed by atoms with van der Waals surface area (Å²) >= 11 is 2.08. The van der Waals surface area contributed by atoms with Crippen LogP contribution >= 0.6 is 0 Å². The molecule has 0 aliphatic rings. The third-order valence-electron chi connectivity index (χ3n) is 1.34. The second-order valence-electron chi connectivity index (χ2n) is 2.25. The fourth-order valence-corrected chi connectivity index (χ4v) is 1.12. The van der Waals surface area contributed by atoms with Crippen molar-refractivity contribution in [1.82, 2.24) is 0 Å². The Morgan fingerprint density at radius 2 is 2.00 bits per heavy atom. The SMILES string of the molecule is CCCCCC/C=[CH]\[Ge]. The summed E-state index contributed by atoms with van der Waals surface area (Å²) < 4.78 is 0. The summed E-state index contributed by atoms with van der Waals surface area (Å²) in [6.07, 6.45) is 9.04. The Morgan fingerprint density at radius 1 is 1.22 bits per heavy atom. The van der Waals surface area contributed by atoms with E-state index in [9.17, 15) is 0 Å². The van der Waals surface area contributed by atoms with Crippen LogP contribution in [0.4, 0.5) is 0 Å². The molecule has 0 unspecified atom stereocenters. The van der Waals surface area contributed by atoms with Crippen molar-refractivity contribution in [1.29, 1.82) is 0 Å². The molecule has 51 valence electrons. The van der Waals surface area contributed by atoms with Crippen LogP contribution in [-0.2, 0) is 0 Å². The van der Waals surface area contributed by atoms with Gasteiger partial charge in [-0.1, -0.05) is 0 Å². The van der Waals surface area contributed by atoms with E-state index in [2.05, 4.69) is 34.4 Å². The van der Waals surface area contributed by atoms with E-state index in [1.165, 1.54) is 32.1 Å². The van der Waals surface area contributed by atoms with E-state index in [0.717, 1.165) is 0 Å². The molecule has 9 heavy (non-hydrogen) atoms. The van der Waals surface area contributed by atoms with Gasteiger partial charge < -0.3 is 0 Å². The molecule has 0 N–H and O–H groups in total. The Balaban J connectivity index is 2.75. The van der Waals surface area contributed by atoms with Crippen LogP contribution < -0.4 is 0 Å². The van der Waals surface area contributed by atoms with E-state index in [1.54, 1.807) is 0 Å². The van der Waals surface area contributed by atoms with E-state index in [1.807, 2.05) is 0 Å². The predicted octanol–water partition coefficient (Wildman–Crippen LogP) is 2.64. The van der Waals surface area contributed by atoms with Gasteiger partial charge in [0.05, 0.1) is 0 Å². The first-order valence-corrected chi connectivity index (χ1v) is 4.95. The number of unbranched alkanes of at least 4 members (excludes halogenated alkanes) is 4. The van der Waals surface area contributed by atoms with Crippen LogP contribution in [-0.4, -0.2) is 16.5 Å². The summed E-state index contributed by atoms with van der Waals surface area (Å²) in [5, 5.41) is 0. The molecule has 0 saturated heterocycles. The molecule has 0 aromatic rings. The molecule has 0 fully saturated rings. The monoisotopic (exact) mass is 185 g/mol. The van der Waals surface area contributed by atoms with E-state index >= 15 is 0 Å².